The van der Waals surface area contributed by atoms with Crippen LogP contribution < -0.4 is 0 Å². The number of carbonyl (C=O) groups excluding carboxylic acids is 1. The first-order chi connectivity index (χ1) is 7.54. The van der Waals surface area contributed by atoms with Crippen molar-refractivity contribution in [2.75, 3.05) is 6.61 Å². The maximum atomic E-state index is 9.90. The molecule has 18 heavy (non-hydrogen) atoms. The fraction of sp³-hybridized carbons (Fsp3) is 0.833. The molecular formula is C6H12MgO10S. The molecule has 5 N–H and O–H groups in total. The van der Waals surface area contributed by atoms with Crippen molar-refractivity contribution in [3.63, 3.8) is 0 Å². The molecule has 0 amide bonds. The number of aldehydes is 1. The minimum Gasteiger partial charge on any atom is -0.759 e. The second-order valence-electron chi connectivity index (χ2n) is 2.77. The Morgan fingerprint density at radius 3 is 1.61 bits per heavy atom. The zero-order chi connectivity index (χ0) is 14.2. The van der Waals surface area contributed by atoms with E-state index in [-0.39, 0.29) is 29.3 Å². The number of hydrogen-bond donors (Lipinski definition) is 5. The molecule has 104 valence electrons. The molecule has 0 saturated carbocycles. The van der Waals surface area contributed by atoms with Gasteiger partial charge in [0.05, 0.1) is 6.61 Å². The van der Waals surface area contributed by atoms with Crippen LogP contribution in [0.5, 0.6) is 0 Å². The summed E-state index contributed by atoms with van der Waals surface area (Å²) in [4.78, 5) is 9.90. The number of rotatable bonds is 5. The summed E-state index contributed by atoms with van der Waals surface area (Å²) in [6.07, 6.45) is -6.84. The molecule has 0 spiro atoms. The van der Waals surface area contributed by atoms with E-state index in [9.17, 15) is 4.79 Å². The summed E-state index contributed by atoms with van der Waals surface area (Å²) in [6, 6.07) is 0. The fourth-order valence-electron chi connectivity index (χ4n) is 0.618. The largest absolute Gasteiger partial charge is 2.00 e. The van der Waals surface area contributed by atoms with Crippen LogP contribution >= 0.6 is 0 Å². The maximum absolute atomic E-state index is 9.90. The Balaban J connectivity index is -0.000000321. The molecule has 0 aromatic carbocycles. The SMILES string of the molecule is O=C[C@H](O)[C@@H](O)[C@H](O)[C@H](O)CO.O=S(=O)([O-])[O-].[Mg+2]. The standard InChI is InChI=1S/C6H12O6.Mg.H2O4S/c7-1-3(9)5(11)6(12)4(10)2-8;;1-5(2,3)4/h1,3-6,8-12H,2H2;;(H2,1,2,3,4)/q;+2;/p-2/t3-,4+,5+,6+;;/m0../s1. The van der Waals surface area contributed by atoms with Gasteiger partial charge in [-0.2, -0.15) is 0 Å². The van der Waals surface area contributed by atoms with Gasteiger partial charge in [0.2, 0.25) is 0 Å². The van der Waals surface area contributed by atoms with Gasteiger partial charge in [-0.1, -0.05) is 0 Å². The van der Waals surface area contributed by atoms with E-state index >= 15 is 0 Å². The summed E-state index contributed by atoms with van der Waals surface area (Å²) in [5.74, 6) is 0. The first kappa shape index (κ1) is 23.2. The van der Waals surface area contributed by atoms with Gasteiger partial charge in [0.15, 0.2) is 6.29 Å². The molecule has 4 atom stereocenters. The van der Waals surface area contributed by atoms with Gasteiger partial charge in [-0.15, -0.1) is 0 Å². The van der Waals surface area contributed by atoms with E-state index in [1.54, 1.807) is 0 Å². The molecule has 0 aliphatic carbocycles. The van der Waals surface area contributed by atoms with Crippen molar-refractivity contribution in [2.45, 2.75) is 24.4 Å². The zero-order valence-corrected chi connectivity index (χ0v) is 11.2. The number of aliphatic hydroxyl groups excluding tert-OH is 5. The smallest absolute Gasteiger partial charge is 0.759 e. The van der Waals surface area contributed by atoms with E-state index < -0.39 is 41.4 Å². The van der Waals surface area contributed by atoms with Gasteiger partial charge in [0.25, 0.3) is 0 Å². The first-order valence-electron chi connectivity index (χ1n) is 3.99. The summed E-state index contributed by atoms with van der Waals surface area (Å²) < 4.78 is 34.1. The molecule has 0 aromatic heterocycles. The molecule has 0 radical (unpaired) electrons. The number of aliphatic hydroxyl groups is 5. The molecule has 0 aromatic rings. The van der Waals surface area contributed by atoms with Crippen molar-refractivity contribution in [1.82, 2.24) is 0 Å². The van der Waals surface area contributed by atoms with Gasteiger partial charge in [0.1, 0.15) is 24.4 Å². The van der Waals surface area contributed by atoms with Crippen LogP contribution in [0.1, 0.15) is 0 Å². The topological polar surface area (TPSA) is 198 Å². The minimum absolute atomic E-state index is 0. The summed E-state index contributed by atoms with van der Waals surface area (Å²) in [6.45, 7) is -0.760. The van der Waals surface area contributed by atoms with Gasteiger partial charge in [-0.25, -0.2) is 0 Å². The van der Waals surface area contributed by atoms with Crippen LogP contribution in [-0.2, 0) is 15.2 Å². The van der Waals surface area contributed by atoms with Crippen LogP contribution in [0.4, 0.5) is 0 Å². The summed E-state index contributed by atoms with van der Waals surface area (Å²) in [5, 5.41) is 43.5. The van der Waals surface area contributed by atoms with Crippen LogP contribution in [-0.4, -0.2) is 103 Å². The van der Waals surface area contributed by atoms with Gasteiger partial charge in [-0.05, 0) is 0 Å². The molecule has 0 bridgehead atoms. The van der Waals surface area contributed by atoms with E-state index in [4.69, 9.17) is 43.1 Å². The van der Waals surface area contributed by atoms with Crippen LogP contribution in [0.25, 0.3) is 0 Å². The minimum atomic E-state index is -5.17. The van der Waals surface area contributed by atoms with Crippen LogP contribution in [0, 0.1) is 0 Å². The predicted molar refractivity (Wildman–Crippen MR) is 53.4 cm³/mol. The van der Waals surface area contributed by atoms with Crippen LogP contribution in [0.2, 0.25) is 0 Å². The van der Waals surface area contributed by atoms with E-state index in [0.717, 1.165) is 0 Å². The van der Waals surface area contributed by atoms with E-state index in [0.29, 0.717) is 0 Å². The van der Waals surface area contributed by atoms with Crippen molar-refractivity contribution in [1.29, 1.82) is 0 Å². The monoisotopic (exact) mass is 300 g/mol. The molecule has 10 nitrogen and oxygen atoms in total. The Kier molecular flexibility index (Phi) is 14.2. The third-order valence-electron chi connectivity index (χ3n) is 1.42. The molecule has 0 fully saturated rings. The Bertz CT molecular complexity index is 297. The van der Waals surface area contributed by atoms with Crippen LogP contribution in [0.3, 0.4) is 0 Å². The predicted octanol–water partition coefficient (Wildman–Crippen LogP) is -5.10. The van der Waals surface area contributed by atoms with Crippen molar-refractivity contribution in [3.8, 4) is 0 Å². The van der Waals surface area contributed by atoms with Crippen molar-refractivity contribution < 1.29 is 47.9 Å². The summed E-state index contributed by atoms with van der Waals surface area (Å²) in [5.41, 5.74) is 0. The number of carbonyl (C=O) groups is 1. The Morgan fingerprint density at radius 2 is 1.39 bits per heavy atom. The van der Waals surface area contributed by atoms with Gasteiger partial charge >= 0.3 is 23.1 Å². The van der Waals surface area contributed by atoms with Crippen molar-refractivity contribution >= 4 is 39.7 Å². The molecule has 0 saturated heterocycles. The second kappa shape index (κ2) is 11.0. The third kappa shape index (κ3) is 14.2. The Labute approximate surface area is 119 Å². The fourth-order valence-corrected chi connectivity index (χ4v) is 0.618. The first-order valence-corrected chi connectivity index (χ1v) is 5.33. The molecule has 0 unspecified atom stereocenters. The average Bonchev–Trinajstić information content (AvgIpc) is 2.22. The van der Waals surface area contributed by atoms with Crippen molar-refractivity contribution in [2.24, 2.45) is 0 Å². The van der Waals surface area contributed by atoms with Gasteiger partial charge in [-0.3, -0.25) is 8.42 Å². The molecule has 0 aliphatic heterocycles. The average molecular weight is 301 g/mol. The quantitative estimate of drug-likeness (QED) is 0.141. The van der Waals surface area contributed by atoms with Crippen LogP contribution in [0.15, 0.2) is 0 Å². The van der Waals surface area contributed by atoms with E-state index in [1.807, 2.05) is 0 Å². The Hall–Kier alpha value is 0.106. The van der Waals surface area contributed by atoms with Gasteiger partial charge in [0, 0.05) is 10.4 Å². The van der Waals surface area contributed by atoms with E-state index in [1.165, 1.54) is 0 Å². The second-order valence-corrected chi connectivity index (χ2v) is 3.58. The zero-order valence-electron chi connectivity index (χ0n) is 8.99. The molecular weight excluding hydrogens is 288 g/mol. The summed E-state index contributed by atoms with van der Waals surface area (Å²) in [7, 11) is -5.17. The van der Waals surface area contributed by atoms with Crippen molar-refractivity contribution in [3.05, 3.63) is 0 Å². The third-order valence-corrected chi connectivity index (χ3v) is 1.42. The molecule has 0 aliphatic rings. The molecule has 0 heterocycles. The normalized spacial score (nSPS) is 17.3. The molecule has 12 heteroatoms. The maximum Gasteiger partial charge on any atom is 2.00 e. The Morgan fingerprint density at radius 1 is 1.06 bits per heavy atom. The van der Waals surface area contributed by atoms with Gasteiger partial charge < -0.3 is 39.4 Å². The molecule has 0 rings (SSSR count). The summed E-state index contributed by atoms with van der Waals surface area (Å²) >= 11 is 0. The van der Waals surface area contributed by atoms with E-state index in [2.05, 4.69) is 0 Å². The number of hydrogen-bond acceptors (Lipinski definition) is 10.